The van der Waals surface area contributed by atoms with Crippen LogP contribution in [0.4, 0.5) is 0 Å². The van der Waals surface area contributed by atoms with Gasteiger partial charge in [0.15, 0.2) is 11.5 Å². The molecule has 3 aromatic carbocycles. The normalized spacial score (nSPS) is 19.4. The van der Waals surface area contributed by atoms with Crippen molar-refractivity contribution in [3.05, 3.63) is 71.8 Å². The molecule has 0 amide bonds. The molecule has 0 saturated carbocycles. The van der Waals surface area contributed by atoms with Crippen molar-refractivity contribution in [2.75, 3.05) is 26.4 Å². The van der Waals surface area contributed by atoms with E-state index in [1.165, 1.54) is 5.39 Å². The summed E-state index contributed by atoms with van der Waals surface area (Å²) in [5, 5.41) is 24.2. The van der Waals surface area contributed by atoms with Crippen LogP contribution >= 0.6 is 0 Å². The van der Waals surface area contributed by atoms with Gasteiger partial charge in [0, 0.05) is 19.6 Å². The molecule has 5 heteroatoms. The smallest absolute Gasteiger partial charge is 0.231 e. The summed E-state index contributed by atoms with van der Waals surface area (Å²) < 4.78 is 10.8. The summed E-state index contributed by atoms with van der Waals surface area (Å²) in [6, 6.07) is 20.0. The van der Waals surface area contributed by atoms with Crippen molar-refractivity contribution in [2.45, 2.75) is 24.5 Å². The molecule has 5 rings (SSSR count). The van der Waals surface area contributed by atoms with E-state index in [4.69, 9.17) is 9.47 Å². The monoisotopic (exact) mass is 391 g/mol. The molecule has 2 N–H and O–H groups in total. The maximum atomic E-state index is 11.2. The van der Waals surface area contributed by atoms with Gasteiger partial charge >= 0.3 is 0 Å². The molecule has 150 valence electrons. The highest BCUT2D eigenvalue weighted by Gasteiger charge is 2.35. The highest BCUT2D eigenvalue weighted by atomic mass is 16.7. The van der Waals surface area contributed by atoms with Gasteiger partial charge in [-0.05, 0) is 52.9 Å². The molecule has 5 nitrogen and oxygen atoms in total. The summed E-state index contributed by atoms with van der Waals surface area (Å²) in [5.41, 5.74) is 0.933. The number of benzene rings is 3. The number of aliphatic hydroxyl groups is 2. The Bertz CT molecular complexity index is 1030. The number of hydrogen-bond acceptors (Lipinski definition) is 5. The van der Waals surface area contributed by atoms with Crippen LogP contribution in [0, 0.1) is 0 Å². The fraction of sp³-hybridized carbons (Fsp3) is 0.333. The second-order valence-electron chi connectivity index (χ2n) is 8.02. The van der Waals surface area contributed by atoms with Gasteiger partial charge < -0.3 is 24.6 Å². The van der Waals surface area contributed by atoms with Crippen LogP contribution in [0.1, 0.15) is 30.1 Å². The molecule has 2 aliphatic heterocycles. The number of nitrogens with zero attached hydrogens (tertiary/aromatic N) is 1. The molecular formula is C24H25NO4. The zero-order chi connectivity index (χ0) is 19.8. The van der Waals surface area contributed by atoms with Crippen LogP contribution in [0.2, 0.25) is 0 Å². The van der Waals surface area contributed by atoms with E-state index >= 15 is 0 Å². The average Bonchev–Trinajstić information content (AvgIpc) is 3.23. The van der Waals surface area contributed by atoms with Crippen LogP contribution in [0.15, 0.2) is 60.7 Å². The van der Waals surface area contributed by atoms with Crippen LogP contribution in [0.5, 0.6) is 11.5 Å². The largest absolute Gasteiger partial charge is 0.454 e. The number of ether oxygens (including phenoxy) is 2. The Balaban J connectivity index is 1.24. The number of β-amino-alcohol motifs (C(OH)–C–C–N with tert-alkyl or cyclic N) is 1. The topological polar surface area (TPSA) is 62.2 Å². The van der Waals surface area contributed by atoms with Crippen LogP contribution in [-0.2, 0) is 5.60 Å². The quantitative estimate of drug-likeness (QED) is 0.712. The molecule has 0 unspecified atom stereocenters. The van der Waals surface area contributed by atoms with Crippen molar-refractivity contribution >= 4 is 10.8 Å². The van der Waals surface area contributed by atoms with Gasteiger partial charge in [0.25, 0.3) is 0 Å². The predicted molar refractivity (Wildman–Crippen MR) is 111 cm³/mol. The molecule has 2 heterocycles. The summed E-state index contributed by atoms with van der Waals surface area (Å²) in [6.45, 7) is 2.26. The zero-order valence-corrected chi connectivity index (χ0v) is 16.3. The van der Waals surface area contributed by atoms with Gasteiger partial charge in [-0.1, -0.05) is 42.5 Å². The minimum Gasteiger partial charge on any atom is -0.454 e. The fourth-order valence-electron chi connectivity index (χ4n) is 4.35. The Labute approximate surface area is 170 Å². The van der Waals surface area contributed by atoms with Gasteiger partial charge in [-0.25, -0.2) is 0 Å². The first-order valence-corrected chi connectivity index (χ1v) is 10.1. The first-order valence-electron chi connectivity index (χ1n) is 10.1. The van der Waals surface area contributed by atoms with E-state index in [9.17, 15) is 10.2 Å². The lowest BCUT2D eigenvalue weighted by atomic mass is 9.84. The molecule has 29 heavy (non-hydrogen) atoms. The van der Waals surface area contributed by atoms with Crippen LogP contribution < -0.4 is 9.47 Å². The number of hydrogen-bond donors (Lipinski definition) is 2. The first-order chi connectivity index (χ1) is 14.1. The Hall–Kier alpha value is -2.60. The van der Waals surface area contributed by atoms with Crippen LogP contribution in [0.25, 0.3) is 10.8 Å². The lowest BCUT2D eigenvalue weighted by Crippen LogP contribution is -2.43. The van der Waals surface area contributed by atoms with E-state index in [1.807, 2.05) is 36.4 Å². The molecule has 3 aromatic rings. The summed E-state index contributed by atoms with van der Waals surface area (Å²) in [7, 11) is 0. The third-order valence-electron chi connectivity index (χ3n) is 6.18. The SMILES string of the molecule is O[C@@H](CN1CCC(O)(c2ccc3c(c2)OCO3)CC1)c1ccc2ccccc2c1. The molecule has 0 bridgehead atoms. The van der Waals surface area contributed by atoms with E-state index in [0.29, 0.717) is 25.1 Å². The average molecular weight is 391 g/mol. The number of piperidine rings is 1. The Kier molecular flexibility index (Phi) is 4.66. The maximum Gasteiger partial charge on any atom is 0.231 e. The lowest BCUT2D eigenvalue weighted by Gasteiger charge is -2.39. The number of aliphatic hydroxyl groups excluding tert-OH is 1. The fourth-order valence-corrected chi connectivity index (χ4v) is 4.35. The number of likely N-dealkylation sites (tertiary alicyclic amines) is 1. The number of fused-ring (bicyclic) bond motifs is 2. The van der Waals surface area contributed by atoms with E-state index in [2.05, 4.69) is 29.2 Å². The zero-order valence-electron chi connectivity index (χ0n) is 16.3. The van der Waals surface area contributed by atoms with Gasteiger partial charge in [-0.15, -0.1) is 0 Å². The number of rotatable bonds is 4. The Morgan fingerprint density at radius 3 is 2.48 bits per heavy atom. The van der Waals surface area contributed by atoms with Gasteiger partial charge in [0.1, 0.15) is 0 Å². The molecule has 0 spiro atoms. The van der Waals surface area contributed by atoms with Crippen LogP contribution in [-0.4, -0.2) is 41.5 Å². The lowest BCUT2D eigenvalue weighted by molar-refractivity contribution is -0.0345. The van der Waals surface area contributed by atoms with Gasteiger partial charge in [-0.2, -0.15) is 0 Å². The van der Waals surface area contributed by atoms with Crippen molar-refractivity contribution in [1.29, 1.82) is 0 Å². The minimum atomic E-state index is -0.870. The Morgan fingerprint density at radius 1 is 0.897 bits per heavy atom. The van der Waals surface area contributed by atoms with Crippen molar-refractivity contribution in [2.24, 2.45) is 0 Å². The molecular weight excluding hydrogens is 366 g/mol. The minimum absolute atomic E-state index is 0.234. The predicted octanol–water partition coefficient (Wildman–Crippen LogP) is 3.59. The second kappa shape index (κ2) is 7.34. The van der Waals surface area contributed by atoms with Crippen molar-refractivity contribution in [3.8, 4) is 11.5 Å². The third-order valence-corrected chi connectivity index (χ3v) is 6.18. The Morgan fingerprint density at radius 2 is 1.66 bits per heavy atom. The van der Waals surface area contributed by atoms with E-state index in [0.717, 1.165) is 35.4 Å². The first kappa shape index (κ1) is 18.4. The maximum absolute atomic E-state index is 11.2. The molecule has 1 fully saturated rings. The third kappa shape index (κ3) is 3.57. The van der Waals surface area contributed by atoms with Crippen molar-refractivity contribution in [3.63, 3.8) is 0 Å². The highest BCUT2D eigenvalue weighted by molar-refractivity contribution is 5.83. The second-order valence-corrected chi connectivity index (χ2v) is 8.02. The molecule has 0 aromatic heterocycles. The molecule has 0 radical (unpaired) electrons. The van der Waals surface area contributed by atoms with Crippen molar-refractivity contribution in [1.82, 2.24) is 4.90 Å². The van der Waals surface area contributed by atoms with Gasteiger partial charge in [0.05, 0.1) is 11.7 Å². The van der Waals surface area contributed by atoms with Gasteiger partial charge in [-0.3, -0.25) is 0 Å². The molecule has 0 aliphatic carbocycles. The summed E-state index contributed by atoms with van der Waals surface area (Å²) in [4.78, 5) is 2.22. The molecule has 1 saturated heterocycles. The van der Waals surface area contributed by atoms with E-state index < -0.39 is 11.7 Å². The highest BCUT2D eigenvalue weighted by Crippen LogP contribution is 2.39. The summed E-state index contributed by atoms with van der Waals surface area (Å²) in [5.74, 6) is 1.43. The van der Waals surface area contributed by atoms with Gasteiger partial charge in [0.2, 0.25) is 6.79 Å². The summed E-state index contributed by atoms with van der Waals surface area (Å²) in [6.07, 6.45) is 0.699. The molecule has 1 atom stereocenters. The van der Waals surface area contributed by atoms with E-state index in [1.54, 1.807) is 0 Å². The summed E-state index contributed by atoms with van der Waals surface area (Å²) >= 11 is 0. The molecule has 2 aliphatic rings. The van der Waals surface area contributed by atoms with Crippen molar-refractivity contribution < 1.29 is 19.7 Å². The standard InChI is InChI=1S/C24H25NO4/c26-21(19-6-5-17-3-1-2-4-18(17)13-19)15-25-11-9-24(27,10-12-25)20-7-8-22-23(14-20)29-16-28-22/h1-8,13-14,21,26-27H,9-12,15-16H2/t21-/m0/s1. The van der Waals surface area contributed by atoms with Crippen LogP contribution in [0.3, 0.4) is 0 Å². The van der Waals surface area contributed by atoms with E-state index in [-0.39, 0.29) is 6.79 Å².